The lowest BCUT2D eigenvalue weighted by molar-refractivity contribution is 0.171. The summed E-state index contributed by atoms with van der Waals surface area (Å²) in [4.78, 5) is 0.257. The molecule has 0 aliphatic carbocycles. The van der Waals surface area contributed by atoms with Crippen LogP contribution in [-0.4, -0.2) is 44.1 Å². The van der Waals surface area contributed by atoms with Gasteiger partial charge in [-0.3, -0.25) is 0 Å². The summed E-state index contributed by atoms with van der Waals surface area (Å²) in [5.74, 6) is 1.38. The summed E-state index contributed by atoms with van der Waals surface area (Å²) in [6.07, 6.45) is 0. The first-order valence-electron chi connectivity index (χ1n) is 9.02. The summed E-state index contributed by atoms with van der Waals surface area (Å²) in [6, 6.07) is 12.0. The molecule has 0 saturated heterocycles. The molecule has 0 aromatic heterocycles. The Morgan fingerprint density at radius 3 is 2.18 bits per heavy atom. The first kappa shape index (κ1) is 20.4. The smallest absolute Gasteiger partial charge is 0.243 e. The molecule has 7 nitrogen and oxygen atoms in total. The van der Waals surface area contributed by atoms with Crippen LogP contribution in [-0.2, 0) is 10.0 Å². The highest BCUT2D eigenvalue weighted by molar-refractivity contribution is 7.89. The number of fused-ring (bicyclic) bond motifs is 1. The highest BCUT2D eigenvalue weighted by Crippen LogP contribution is 2.32. The third-order valence-corrected chi connectivity index (χ3v) is 6.52. The van der Waals surface area contributed by atoms with Crippen LogP contribution in [0.2, 0.25) is 0 Å². The Kier molecular flexibility index (Phi) is 6.38. The summed E-state index contributed by atoms with van der Waals surface area (Å²) in [6.45, 7) is 5.56. The van der Waals surface area contributed by atoms with Gasteiger partial charge in [0.1, 0.15) is 13.2 Å². The molecule has 0 bridgehead atoms. The minimum absolute atomic E-state index is 0.257. The maximum atomic E-state index is 12.5. The maximum Gasteiger partial charge on any atom is 0.243 e. The Morgan fingerprint density at radius 2 is 1.54 bits per heavy atom. The molecule has 3 rings (SSSR count). The van der Waals surface area contributed by atoms with Crippen LogP contribution in [0.4, 0.5) is 11.4 Å². The minimum atomic E-state index is -3.47. The van der Waals surface area contributed by atoms with Gasteiger partial charge in [-0.15, -0.1) is 0 Å². The molecule has 1 heterocycles. The second-order valence-corrected chi connectivity index (χ2v) is 8.40. The molecule has 2 N–H and O–H groups in total. The van der Waals surface area contributed by atoms with Crippen molar-refractivity contribution in [2.75, 3.05) is 36.9 Å². The van der Waals surface area contributed by atoms with Crippen LogP contribution < -0.4 is 20.1 Å². The van der Waals surface area contributed by atoms with Crippen LogP contribution in [0.25, 0.3) is 0 Å². The number of anilines is 2. The number of benzene rings is 2. The minimum Gasteiger partial charge on any atom is -0.486 e. The van der Waals surface area contributed by atoms with Gasteiger partial charge in [0, 0.05) is 30.5 Å². The average Bonchev–Trinajstić information content (AvgIpc) is 2.69. The van der Waals surface area contributed by atoms with Crippen LogP contribution in [0.15, 0.2) is 47.4 Å². The summed E-state index contributed by atoms with van der Waals surface area (Å²) in [7, 11) is -3.47. The molecule has 1 aliphatic heterocycles. The van der Waals surface area contributed by atoms with E-state index in [0.29, 0.717) is 48.6 Å². The predicted octanol–water partition coefficient (Wildman–Crippen LogP) is 3.30. The molecule has 0 fully saturated rings. The van der Waals surface area contributed by atoms with Crippen LogP contribution in [0.3, 0.4) is 0 Å². The lowest BCUT2D eigenvalue weighted by Crippen LogP contribution is -2.30. The van der Waals surface area contributed by atoms with E-state index in [1.54, 1.807) is 24.3 Å². The number of hydrogen-bond acceptors (Lipinski definition) is 5. The van der Waals surface area contributed by atoms with E-state index < -0.39 is 10.0 Å². The van der Waals surface area contributed by atoms with E-state index in [1.807, 2.05) is 32.0 Å². The number of sulfonamides is 1. The molecule has 150 valence electrons. The zero-order chi connectivity index (χ0) is 20.1. The van der Waals surface area contributed by atoms with Gasteiger partial charge in [-0.2, -0.15) is 4.31 Å². The van der Waals surface area contributed by atoms with Gasteiger partial charge in [-0.05, 0) is 48.6 Å². The van der Waals surface area contributed by atoms with Crippen molar-refractivity contribution < 1.29 is 17.9 Å². The number of rotatable bonds is 6. The Bertz CT molecular complexity index is 942. The fourth-order valence-corrected chi connectivity index (χ4v) is 4.53. The Balaban J connectivity index is 1.65. The highest BCUT2D eigenvalue weighted by Gasteiger charge is 2.21. The van der Waals surface area contributed by atoms with Gasteiger partial charge >= 0.3 is 0 Å². The maximum absolute atomic E-state index is 12.5. The molecule has 1 aliphatic rings. The number of ether oxygens (including phenoxy) is 2. The van der Waals surface area contributed by atoms with Crippen LogP contribution in [0.5, 0.6) is 11.5 Å². The molecular formula is C19H23N3O4S2. The fourth-order valence-electron chi connectivity index (χ4n) is 2.84. The monoisotopic (exact) mass is 421 g/mol. The summed E-state index contributed by atoms with van der Waals surface area (Å²) < 4.78 is 37.5. The van der Waals surface area contributed by atoms with Crippen molar-refractivity contribution >= 4 is 38.7 Å². The lowest BCUT2D eigenvalue weighted by Gasteiger charge is -2.20. The SMILES string of the molecule is CCN(CC)S(=O)(=O)c1ccc(NC(=S)Nc2ccc3c(c2)OCCO3)cc1. The van der Waals surface area contributed by atoms with Crippen LogP contribution in [0, 0.1) is 0 Å². The van der Waals surface area contributed by atoms with Crippen molar-refractivity contribution in [1.82, 2.24) is 4.31 Å². The Morgan fingerprint density at radius 1 is 0.964 bits per heavy atom. The molecule has 0 radical (unpaired) electrons. The molecule has 0 spiro atoms. The molecule has 2 aromatic rings. The van der Waals surface area contributed by atoms with E-state index in [-0.39, 0.29) is 4.90 Å². The predicted molar refractivity (Wildman–Crippen MR) is 114 cm³/mol. The van der Waals surface area contributed by atoms with Crippen LogP contribution in [0.1, 0.15) is 13.8 Å². The normalized spacial score (nSPS) is 13.2. The van der Waals surface area contributed by atoms with Gasteiger partial charge in [0.05, 0.1) is 4.90 Å². The molecule has 0 atom stereocenters. The second kappa shape index (κ2) is 8.76. The molecule has 0 amide bonds. The standard InChI is InChI=1S/C19H23N3O4S2/c1-3-22(4-2)28(23,24)16-8-5-14(6-9-16)20-19(27)21-15-7-10-17-18(13-15)26-12-11-25-17/h5-10,13H,3-4,11-12H2,1-2H3,(H2,20,21,27). The average molecular weight is 422 g/mol. The summed E-state index contributed by atoms with van der Waals surface area (Å²) in [5, 5.41) is 6.51. The van der Waals surface area contributed by atoms with Crippen molar-refractivity contribution in [3.63, 3.8) is 0 Å². The lowest BCUT2D eigenvalue weighted by atomic mass is 10.2. The van der Waals surface area contributed by atoms with Crippen LogP contribution >= 0.6 is 12.2 Å². The van der Waals surface area contributed by atoms with Gasteiger partial charge in [0.25, 0.3) is 0 Å². The summed E-state index contributed by atoms with van der Waals surface area (Å²) in [5.41, 5.74) is 1.45. The quantitative estimate of drug-likeness (QED) is 0.693. The van der Waals surface area contributed by atoms with E-state index in [0.717, 1.165) is 5.69 Å². The van der Waals surface area contributed by atoms with Crippen molar-refractivity contribution in [1.29, 1.82) is 0 Å². The molecule has 2 aromatic carbocycles. The zero-order valence-corrected chi connectivity index (χ0v) is 17.4. The van der Waals surface area contributed by atoms with E-state index in [1.165, 1.54) is 4.31 Å². The topological polar surface area (TPSA) is 79.9 Å². The number of hydrogen-bond donors (Lipinski definition) is 2. The number of nitrogens with zero attached hydrogens (tertiary/aromatic N) is 1. The van der Waals surface area contributed by atoms with Crippen molar-refractivity contribution in [3.05, 3.63) is 42.5 Å². The van der Waals surface area contributed by atoms with Gasteiger partial charge < -0.3 is 20.1 Å². The highest BCUT2D eigenvalue weighted by atomic mass is 32.2. The first-order valence-corrected chi connectivity index (χ1v) is 10.9. The van der Waals surface area contributed by atoms with E-state index >= 15 is 0 Å². The molecule has 9 heteroatoms. The molecule has 28 heavy (non-hydrogen) atoms. The van der Waals surface area contributed by atoms with Gasteiger partial charge in [0.15, 0.2) is 16.6 Å². The molecule has 0 unspecified atom stereocenters. The third kappa shape index (κ3) is 4.54. The van der Waals surface area contributed by atoms with Gasteiger partial charge in [0.2, 0.25) is 10.0 Å². The van der Waals surface area contributed by atoms with Gasteiger partial charge in [-0.25, -0.2) is 8.42 Å². The first-order chi connectivity index (χ1) is 13.4. The van der Waals surface area contributed by atoms with E-state index in [2.05, 4.69) is 10.6 Å². The number of nitrogens with one attached hydrogen (secondary N) is 2. The number of thiocarbonyl (C=S) groups is 1. The third-order valence-electron chi connectivity index (χ3n) is 4.26. The van der Waals surface area contributed by atoms with Crippen molar-refractivity contribution in [2.45, 2.75) is 18.7 Å². The Labute approximate surface area is 170 Å². The largest absolute Gasteiger partial charge is 0.486 e. The Hall–Kier alpha value is -2.36. The summed E-state index contributed by atoms with van der Waals surface area (Å²) >= 11 is 5.34. The van der Waals surface area contributed by atoms with E-state index in [9.17, 15) is 8.42 Å². The van der Waals surface area contributed by atoms with E-state index in [4.69, 9.17) is 21.7 Å². The second-order valence-electron chi connectivity index (χ2n) is 6.05. The van der Waals surface area contributed by atoms with Crippen molar-refractivity contribution in [2.24, 2.45) is 0 Å². The van der Waals surface area contributed by atoms with Gasteiger partial charge in [-0.1, -0.05) is 13.8 Å². The molecule has 0 saturated carbocycles. The zero-order valence-electron chi connectivity index (χ0n) is 15.8. The molecular weight excluding hydrogens is 398 g/mol. The fraction of sp³-hybridized carbons (Fsp3) is 0.316. The van der Waals surface area contributed by atoms with Crippen molar-refractivity contribution in [3.8, 4) is 11.5 Å².